The first-order valence-electron chi connectivity index (χ1n) is 9.28. The van der Waals surface area contributed by atoms with Gasteiger partial charge in [-0.25, -0.2) is 4.79 Å². The monoisotopic (exact) mass is 367 g/mol. The predicted octanol–water partition coefficient (Wildman–Crippen LogP) is 3.74. The van der Waals surface area contributed by atoms with Gasteiger partial charge in [0.25, 0.3) is 0 Å². The molecule has 0 heterocycles. The lowest BCUT2D eigenvalue weighted by Gasteiger charge is -2.41. The van der Waals surface area contributed by atoms with Crippen LogP contribution in [0, 0.1) is 5.41 Å². The molecule has 0 saturated heterocycles. The lowest BCUT2D eigenvalue weighted by molar-refractivity contribution is -0.139. The van der Waals surface area contributed by atoms with Gasteiger partial charge < -0.3 is 15.2 Å². The van der Waals surface area contributed by atoms with Crippen LogP contribution >= 0.6 is 0 Å². The molecular weight excluding hydrogens is 342 g/mol. The quantitative estimate of drug-likeness (QED) is 0.745. The van der Waals surface area contributed by atoms with E-state index in [0.29, 0.717) is 5.75 Å². The second-order valence-corrected chi connectivity index (χ2v) is 7.24. The molecule has 1 saturated carbocycles. The molecule has 27 heavy (non-hydrogen) atoms. The second kappa shape index (κ2) is 8.25. The molecule has 0 aromatic heterocycles. The van der Waals surface area contributed by atoms with Crippen molar-refractivity contribution < 1.29 is 19.4 Å². The fourth-order valence-electron chi connectivity index (χ4n) is 3.51. The van der Waals surface area contributed by atoms with Crippen LogP contribution < -0.4 is 10.1 Å². The van der Waals surface area contributed by atoms with E-state index in [4.69, 9.17) is 9.84 Å². The number of rotatable bonds is 8. The van der Waals surface area contributed by atoms with E-state index >= 15 is 0 Å². The van der Waals surface area contributed by atoms with Crippen molar-refractivity contribution in [1.82, 2.24) is 5.32 Å². The zero-order valence-corrected chi connectivity index (χ0v) is 15.5. The molecule has 1 amide bonds. The van der Waals surface area contributed by atoms with Gasteiger partial charge in [-0.3, -0.25) is 4.79 Å². The Morgan fingerprint density at radius 3 is 2.33 bits per heavy atom. The van der Waals surface area contributed by atoms with Crippen LogP contribution in [0.15, 0.2) is 54.6 Å². The first-order valence-corrected chi connectivity index (χ1v) is 9.28. The molecule has 142 valence electrons. The predicted molar refractivity (Wildman–Crippen MR) is 103 cm³/mol. The number of nitrogens with one attached hydrogen (secondary N) is 1. The highest BCUT2D eigenvalue weighted by Gasteiger charge is 2.44. The highest BCUT2D eigenvalue weighted by atomic mass is 16.5. The number of carbonyl (C=O) groups is 2. The summed E-state index contributed by atoms with van der Waals surface area (Å²) in [7, 11) is 0. The Morgan fingerprint density at radius 2 is 1.78 bits per heavy atom. The van der Waals surface area contributed by atoms with Crippen molar-refractivity contribution in [3.8, 4) is 5.75 Å². The lowest BCUT2D eigenvalue weighted by Crippen LogP contribution is -2.47. The minimum absolute atomic E-state index is 0.108. The number of ether oxygens (including phenoxy) is 1. The van der Waals surface area contributed by atoms with Crippen molar-refractivity contribution >= 4 is 11.9 Å². The Hall–Kier alpha value is -2.82. The molecular formula is C22H25NO4. The highest BCUT2D eigenvalue weighted by Crippen LogP contribution is 2.44. The standard InChI is InChI=1S/C22H25NO4/c1-16(18-8-10-19(11-9-18)27-15-20(24)25)23-21(26)22(12-5-13-22)14-17-6-3-2-4-7-17/h2-4,6-11,16H,5,12-15H2,1H3,(H,23,26)(H,24,25). The number of benzene rings is 2. The van der Waals surface area contributed by atoms with E-state index in [1.807, 2.05) is 37.3 Å². The summed E-state index contributed by atoms with van der Waals surface area (Å²) >= 11 is 0. The maximum Gasteiger partial charge on any atom is 0.341 e. The smallest absolute Gasteiger partial charge is 0.341 e. The van der Waals surface area contributed by atoms with Crippen molar-refractivity contribution in [3.05, 3.63) is 65.7 Å². The third-order valence-corrected chi connectivity index (χ3v) is 5.27. The van der Waals surface area contributed by atoms with Crippen LogP contribution in [0.2, 0.25) is 0 Å². The average molecular weight is 367 g/mol. The van der Waals surface area contributed by atoms with Crippen LogP contribution in [0.5, 0.6) is 5.75 Å². The third kappa shape index (κ3) is 4.67. The van der Waals surface area contributed by atoms with Crippen LogP contribution in [0.1, 0.15) is 43.4 Å². The van der Waals surface area contributed by atoms with Gasteiger partial charge in [0.15, 0.2) is 6.61 Å². The number of hydrogen-bond acceptors (Lipinski definition) is 3. The molecule has 2 aromatic carbocycles. The van der Waals surface area contributed by atoms with E-state index in [2.05, 4.69) is 17.4 Å². The molecule has 1 atom stereocenters. The van der Waals surface area contributed by atoms with Crippen molar-refractivity contribution in [2.75, 3.05) is 6.61 Å². The summed E-state index contributed by atoms with van der Waals surface area (Å²) in [6.07, 6.45) is 3.70. The number of amides is 1. The van der Waals surface area contributed by atoms with Gasteiger partial charge >= 0.3 is 5.97 Å². The normalized spacial score (nSPS) is 16.0. The molecule has 1 fully saturated rings. The minimum atomic E-state index is -1.01. The van der Waals surface area contributed by atoms with Crippen molar-refractivity contribution in [2.24, 2.45) is 5.41 Å². The first-order chi connectivity index (χ1) is 13.0. The minimum Gasteiger partial charge on any atom is -0.482 e. The Kier molecular flexibility index (Phi) is 5.79. The molecule has 0 spiro atoms. The summed E-state index contributed by atoms with van der Waals surface area (Å²) in [5.74, 6) is -0.403. The number of carboxylic acid groups (broad SMARTS) is 1. The second-order valence-electron chi connectivity index (χ2n) is 7.24. The molecule has 5 heteroatoms. The van der Waals surface area contributed by atoms with E-state index < -0.39 is 5.97 Å². The van der Waals surface area contributed by atoms with Crippen LogP contribution in [0.4, 0.5) is 0 Å². The maximum absolute atomic E-state index is 13.0. The van der Waals surface area contributed by atoms with Gasteiger partial charge in [-0.2, -0.15) is 0 Å². The fraction of sp³-hybridized carbons (Fsp3) is 0.364. The van der Waals surface area contributed by atoms with E-state index in [1.54, 1.807) is 12.1 Å². The van der Waals surface area contributed by atoms with Gasteiger partial charge in [0.1, 0.15) is 5.75 Å². The topological polar surface area (TPSA) is 75.6 Å². The van der Waals surface area contributed by atoms with Crippen LogP contribution in [-0.4, -0.2) is 23.6 Å². The van der Waals surface area contributed by atoms with E-state index in [0.717, 1.165) is 31.2 Å². The van der Waals surface area contributed by atoms with E-state index in [-0.39, 0.29) is 24.0 Å². The summed E-state index contributed by atoms with van der Waals surface area (Å²) in [6.45, 7) is 1.59. The van der Waals surface area contributed by atoms with Crippen molar-refractivity contribution in [2.45, 2.75) is 38.6 Å². The Balaban J connectivity index is 1.61. The summed E-state index contributed by atoms with van der Waals surface area (Å²) in [4.78, 5) is 23.5. The molecule has 3 rings (SSSR count). The largest absolute Gasteiger partial charge is 0.482 e. The number of aliphatic carboxylic acids is 1. The molecule has 2 aromatic rings. The molecule has 1 aliphatic rings. The zero-order valence-electron chi connectivity index (χ0n) is 15.5. The first kappa shape index (κ1) is 19.0. The number of hydrogen-bond donors (Lipinski definition) is 2. The van der Waals surface area contributed by atoms with Gasteiger partial charge in [-0.1, -0.05) is 48.9 Å². The van der Waals surface area contributed by atoms with E-state index in [1.165, 1.54) is 5.56 Å². The summed E-state index contributed by atoms with van der Waals surface area (Å²) < 4.78 is 5.14. The van der Waals surface area contributed by atoms with Crippen LogP contribution in [-0.2, 0) is 16.0 Å². The molecule has 2 N–H and O–H groups in total. The zero-order chi connectivity index (χ0) is 19.3. The van der Waals surface area contributed by atoms with Gasteiger partial charge in [0, 0.05) is 0 Å². The number of carboxylic acids is 1. The van der Waals surface area contributed by atoms with Gasteiger partial charge in [0.2, 0.25) is 5.91 Å². The Labute approximate surface area is 159 Å². The van der Waals surface area contributed by atoms with Gasteiger partial charge in [-0.15, -0.1) is 0 Å². The Morgan fingerprint density at radius 1 is 1.11 bits per heavy atom. The molecule has 1 unspecified atom stereocenters. The highest BCUT2D eigenvalue weighted by molar-refractivity contribution is 5.84. The average Bonchev–Trinajstić information content (AvgIpc) is 2.64. The Bertz CT molecular complexity index is 782. The molecule has 5 nitrogen and oxygen atoms in total. The third-order valence-electron chi connectivity index (χ3n) is 5.27. The van der Waals surface area contributed by atoms with Crippen LogP contribution in [0.25, 0.3) is 0 Å². The molecule has 0 radical (unpaired) electrons. The number of carbonyl (C=O) groups excluding carboxylic acids is 1. The summed E-state index contributed by atoms with van der Waals surface area (Å²) in [6, 6.07) is 17.2. The molecule has 0 bridgehead atoms. The van der Waals surface area contributed by atoms with Crippen molar-refractivity contribution in [3.63, 3.8) is 0 Å². The van der Waals surface area contributed by atoms with Crippen molar-refractivity contribution in [1.29, 1.82) is 0 Å². The molecule has 1 aliphatic carbocycles. The fourth-order valence-corrected chi connectivity index (χ4v) is 3.51. The van der Waals surface area contributed by atoms with Gasteiger partial charge in [-0.05, 0) is 49.4 Å². The van der Waals surface area contributed by atoms with E-state index in [9.17, 15) is 9.59 Å². The van der Waals surface area contributed by atoms with Crippen LogP contribution in [0.3, 0.4) is 0 Å². The summed E-state index contributed by atoms with van der Waals surface area (Å²) in [5.41, 5.74) is 1.85. The lowest BCUT2D eigenvalue weighted by atomic mass is 9.64. The summed E-state index contributed by atoms with van der Waals surface area (Å²) in [5, 5.41) is 11.8. The van der Waals surface area contributed by atoms with Gasteiger partial charge in [0.05, 0.1) is 11.5 Å². The SMILES string of the molecule is CC(NC(=O)C1(Cc2ccccc2)CCC1)c1ccc(OCC(=O)O)cc1. The molecule has 0 aliphatic heterocycles. The maximum atomic E-state index is 13.0.